The van der Waals surface area contributed by atoms with E-state index in [0.717, 1.165) is 62.2 Å². The molecule has 0 spiro atoms. The van der Waals surface area contributed by atoms with Crippen molar-refractivity contribution in [3.63, 3.8) is 0 Å². The highest BCUT2D eigenvalue weighted by Crippen LogP contribution is 2.23. The van der Waals surface area contributed by atoms with Gasteiger partial charge in [0.2, 0.25) is 0 Å². The van der Waals surface area contributed by atoms with E-state index in [0.29, 0.717) is 0 Å². The first-order valence-corrected chi connectivity index (χ1v) is 15.2. The molecule has 2 heterocycles. The van der Waals surface area contributed by atoms with Crippen molar-refractivity contribution in [1.29, 1.82) is 0 Å². The summed E-state index contributed by atoms with van der Waals surface area (Å²) in [5.74, 6) is 2.04. The number of para-hydroxylation sites is 7. The molecule has 7 rings (SSSR count). The van der Waals surface area contributed by atoms with Gasteiger partial charge in [-0.25, -0.2) is 9.97 Å². The number of imidazole rings is 2. The fourth-order valence-electron chi connectivity index (χ4n) is 5.40. The predicted octanol–water partition coefficient (Wildman–Crippen LogP) is 10.4. The van der Waals surface area contributed by atoms with Crippen molar-refractivity contribution in [3.05, 3.63) is 188 Å². The molecule has 5 aromatic carbocycles. The summed E-state index contributed by atoms with van der Waals surface area (Å²) in [4.78, 5) is 11.1. The van der Waals surface area contributed by atoms with E-state index < -0.39 is 0 Å². The van der Waals surface area contributed by atoms with E-state index >= 15 is 0 Å². The highest BCUT2D eigenvalue weighted by Gasteiger charge is 2.09. The van der Waals surface area contributed by atoms with E-state index in [4.69, 9.17) is 0 Å². The minimum absolute atomic E-state index is 0.837. The maximum absolute atomic E-state index is 4.55. The average Bonchev–Trinajstić information content (AvgIpc) is 3.61. The predicted molar refractivity (Wildman–Crippen MR) is 195 cm³/mol. The summed E-state index contributed by atoms with van der Waals surface area (Å²) in [5.41, 5.74) is 9.56. The molecule has 0 amide bonds. The van der Waals surface area contributed by atoms with E-state index in [1.165, 1.54) is 0 Å². The van der Waals surface area contributed by atoms with Gasteiger partial charge in [-0.1, -0.05) is 98.6 Å². The Balaban J connectivity index is 0.000000136. The molecule has 0 unspecified atom stereocenters. The molecule has 0 aliphatic carbocycles. The number of nitrogens with zero attached hydrogens (tertiary/aromatic N) is 5. The third-order valence-electron chi connectivity index (χ3n) is 7.40. The van der Waals surface area contributed by atoms with Gasteiger partial charge in [0.25, 0.3) is 0 Å². The van der Waals surface area contributed by atoms with E-state index in [2.05, 4.69) is 75.2 Å². The van der Waals surface area contributed by atoms with Crippen molar-refractivity contribution in [3.8, 4) is 11.4 Å². The Bertz CT molecular complexity index is 1950. The van der Waals surface area contributed by atoms with Gasteiger partial charge in [0, 0.05) is 28.5 Å². The number of anilines is 1. The second kappa shape index (κ2) is 14.7. The molecule has 0 atom stereocenters. The molecule has 2 aromatic heterocycles. The molecule has 0 bridgehead atoms. The van der Waals surface area contributed by atoms with Gasteiger partial charge in [0.05, 0.1) is 22.1 Å². The minimum atomic E-state index is 0.837. The van der Waals surface area contributed by atoms with Crippen molar-refractivity contribution in [2.45, 2.75) is 20.8 Å². The Hall–Kier alpha value is -5.94. The topological polar surface area (TPSA) is 38.9 Å². The zero-order valence-corrected chi connectivity index (χ0v) is 26.7. The van der Waals surface area contributed by atoms with E-state index in [-0.39, 0.29) is 0 Å². The maximum atomic E-state index is 4.55. The summed E-state index contributed by atoms with van der Waals surface area (Å²) < 4.78 is 4.35. The molecule has 0 N–H and O–H groups in total. The molecule has 5 nitrogen and oxygen atoms in total. The second-order valence-electron chi connectivity index (χ2n) is 10.7. The first-order chi connectivity index (χ1) is 22.4. The Morgan fingerprint density at radius 1 is 0.565 bits per heavy atom. The first kappa shape index (κ1) is 31.5. The smallest absolute Gasteiger partial charge is 0.111 e. The average molecular weight is 602 g/mol. The van der Waals surface area contributed by atoms with Gasteiger partial charge in [-0.05, 0) is 87.5 Å². The quantitative estimate of drug-likeness (QED) is 0.178. The number of hydrogen-bond acceptors (Lipinski definition) is 3. The third kappa shape index (κ3) is 7.06. The van der Waals surface area contributed by atoms with Gasteiger partial charge in [-0.15, -0.1) is 0 Å². The lowest BCUT2D eigenvalue weighted by Gasteiger charge is -2.24. The Labute approximate surface area is 271 Å². The summed E-state index contributed by atoms with van der Waals surface area (Å²) in [5, 5.41) is 0. The monoisotopic (exact) mass is 601 g/mol. The summed E-state index contributed by atoms with van der Waals surface area (Å²) in [7, 11) is 0. The number of aryl methyl sites for hydroxylation is 2. The zero-order chi connectivity index (χ0) is 32.5. The van der Waals surface area contributed by atoms with Crippen LogP contribution in [-0.4, -0.2) is 19.1 Å². The molecule has 46 heavy (non-hydrogen) atoms. The summed E-state index contributed by atoms with van der Waals surface area (Å²) in [6.45, 7) is 17.6. The highest BCUT2D eigenvalue weighted by atomic mass is 15.1. The van der Waals surface area contributed by atoms with Crippen LogP contribution in [0.1, 0.15) is 18.6 Å². The zero-order valence-electron chi connectivity index (χ0n) is 26.7. The number of hydrogen-bond donors (Lipinski definition) is 0. The minimum Gasteiger partial charge on any atom is -0.316 e. The summed E-state index contributed by atoms with van der Waals surface area (Å²) >= 11 is 0. The van der Waals surface area contributed by atoms with Crippen molar-refractivity contribution in [2.75, 3.05) is 4.90 Å². The fraction of sp³-hybridized carbons (Fsp3) is 0.0732. The molecule has 228 valence electrons. The maximum Gasteiger partial charge on any atom is 0.111 e. The van der Waals surface area contributed by atoms with Crippen LogP contribution in [0.25, 0.3) is 33.4 Å². The number of fused-ring (bicyclic) bond motifs is 2. The SMILES string of the molecule is C=CC(=C)N(C(=C)C)c1ccccc1.Cc1nc2ccccc2n1-c1ccccc1.Cc1nc2ccccc2n1-c1ccccc1. The van der Waals surface area contributed by atoms with E-state index in [1.54, 1.807) is 6.08 Å². The largest absolute Gasteiger partial charge is 0.316 e. The number of benzene rings is 5. The fourth-order valence-corrected chi connectivity index (χ4v) is 5.40. The number of rotatable bonds is 6. The van der Waals surface area contributed by atoms with Gasteiger partial charge in [0.15, 0.2) is 0 Å². The van der Waals surface area contributed by atoms with Gasteiger partial charge in [0.1, 0.15) is 11.6 Å². The number of aromatic nitrogens is 4. The van der Waals surface area contributed by atoms with Crippen molar-refractivity contribution in [1.82, 2.24) is 19.1 Å². The lowest BCUT2D eigenvalue weighted by atomic mass is 10.2. The molecule has 0 fully saturated rings. The standard InChI is InChI=1S/2C14H12N2.C13H15N/c2*1-11-15-13-9-5-6-10-14(13)16(11)12-7-3-2-4-8-12;1-5-12(4)14(11(2)3)13-9-7-6-8-10-13/h2*2-10H,1H3;5-10H,1-2,4H2,3H3. The van der Waals surface area contributed by atoms with E-state index in [1.807, 2.05) is 129 Å². The van der Waals surface area contributed by atoms with Crippen LogP contribution in [0.15, 0.2) is 177 Å². The van der Waals surface area contributed by atoms with Crippen molar-refractivity contribution >= 4 is 27.8 Å². The second-order valence-corrected chi connectivity index (χ2v) is 10.7. The first-order valence-electron chi connectivity index (χ1n) is 15.2. The third-order valence-corrected chi connectivity index (χ3v) is 7.40. The van der Waals surface area contributed by atoms with Gasteiger partial charge in [-0.2, -0.15) is 0 Å². The Morgan fingerprint density at radius 2 is 0.935 bits per heavy atom. The molecular weight excluding hydrogens is 562 g/mol. The van der Waals surface area contributed by atoms with Gasteiger partial charge in [-0.3, -0.25) is 9.13 Å². The molecular formula is C41H39N5. The van der Waals surface area contributed by atoms with Crippen LogP contribution in [0.5, 0.6) is 0 Å². The Kier molecular flexibility index (Phi) is 10.1. The van der Waals surface area contributed by atoms with Crippen molar-refractivity contribution < 1.29 is 0 Å². The van der Waals surface area contributed by atoms with Crippen LogP contribution in [0, 0.1) is 13.8 Å². The van der Waals surface area contributed by atoms with Crippen LogP contribution in [-0.2, 0) is 0 Å². The van der Waals surface area contributed by atoms with Crippen LogP contribution < -0.4 is 4.90 Å². The molecule has 0 saturated heterocycles. The molecule has 0 radical (unpaired) electrons. The highest BCUT2D eigenvalue weighted by molar-refractivity contribution is 5.79. The summed E-state index contributed by atoms with van der Waals surface area (Å²) in [6.07, 6.45) is 1.72. The lowest BCUT2D eigenvalue weighted by molar-refractivity contribution is 1.00. The van der Waals surface area contributed by atoms with Crippen LogP contribution in [0.2, 0.25) is 0 Å². The molecule has 7 aromatic rings. The number of allylic oxidation sites excluding steroid dienone is 2. The van der Waals surface area contributed by atoms with Crippen LogP contribution in [0.4, 0.5) is 5.69 Å². The van der Waals surface area contributed by atoms with Crippen LogP contribution >= 0.6 is 0 Å². The van der Waals surface area contributed by atoms with E-state index in [9.17, 15) is 0 Å². The van der Waals surface area contributed by atoms with Gasteiger partial charge >= 0.3 is 0 Å². The molecule has 5 heteroatoms. The molecule has 0 aliphatic rings. The summed E-state index contributed by atoms with van der Waals surface area (Å²) in [6, 6.07) is 47.0. The van der Waals surface area contributed by atoms with Crippen LogP contribution in [0.3, 0.4) is 0 Å². The van der Waals surface area contributed by atoms with Gasteiger partial charge < -0.3 is 4.90 Å². The lowest BCUT2D eigenvalue weighted by Crippen LogP contribution is -2.17. The molecule has 0 saturated carbocycles. The Morgan fingerprint density at radius 3 is 1.33 bits per heavy atom. The normalized spacial score (nSPS) is 10.3. The van der Waals surface area contributed by atoms with Crippen molar-refractivity contribution in [2.24, 2.45) is 0 Å². The molecule has 0 aliphatic heterocycles.